The first kappa shape index (κ1) is 14.4. The van der Waals surface area contributed by atoms with E-state index in [2.05, 4.69) is 15.9 Å². The number of hydrogen-bond donors (Lipinski definition) is 1. The van der Waals surface area contributed by atoms with E-state index in [0.717, 1.165) is 6.07 Å². The van der Waals surface area contributed by atoms with Crippen molar-refractivity contribution in [2.45, 2.75) is 31.5 Å². The molecule has 17 heavy (non-hydrogen) atoms. The molecule has 0 aromatic heterocycles. The first-order chi connectivity index (χ1) is 7.56. The highest BCUT2D eigenvalue weighted by Crippen LogP contribution is 2.37. The molecule has 0 aliphatic rings. The van der Waals surface area contributed by atoms with E-state index in [9.17, 15) is 17.6 Å². The molecule has 0 spiro atoms. The highest BCUT2D eigenvalue weighted by atomic mass is 79.9. The summed E-state index contributed by atoms with van der Waals surface area (Å²) in [5.41, 5.74) is 3.58. The summed E-state index contributed by atoms with van der Waals surface area (Å²) in [6, 6.07) is 1.73. The van der Waals surface area contributed by atoms with E-state index in [1.807, 2.05) is 0 Å². The van der Waals surface area contributed by atoms with E-state index < -0.39 is 23.5 Å². The Balaban J connectivity index is 3.25. The number of rotatable bonds is 2. The Labute approximate surface area is 105 Å². The van der Waals surface area contributed by atoms with Crippen molar-refractivity contribution in [1.29, 1.82) is 0 Å². The van der Waals surface area contributed by atoms with Gasteiger partial charge >= 0.3 is 6.18 Å². The van der Waals surface area contributed by atoms with Gasteiger partial charge in [0.2, 0.25) is 0 Å². The van der Waals surface area contributed by atoms with Crippen LogP contribution in [-0.4, -0.2) is 12.2 Å². The molecule has 1 aromatic rings. The van der Waals surface area contributed by atoms with Crippen molar-refractivity contribution < 1.29 is 17.6 Å². The van der Waals surface area contributed by atoms with Crippen LogP contribution in [0.3, 0.4) is 0 Å². The summed E-state index contributed by atoms with van der Waals surface area (Å²) in [4.78, 5) is 0. The van der Waals surface area contributed by atoms with Gasteiger partial charge in [-0.05, 0) is 23.8 Å². The highest BCUT2D eigenvalue weighted by molar-refractivity contribution is 9.10. The summed E-state index contributed by atoms with van der Waals surface area (Å²) in [6.07, 6.45) is -4.57. The van der Waals surface area contributed by atoms with E-state index in [-0.39, 0.29) is 5.56 Å². The van der Waals surface area contributed by atoms with Crippen molar-refractivity contribution in [2.24, 2.45) is 5.73 Å². The summed E-state index contributed by atoms with van der Waals surface area (Å²) >= 11 is 3.10. The van der Waals surface area contributed by atoms with Gasteiger partial charge in [-0.3, -0.25) is 0 Å². The molecule has 1 rings (SSSR count). The number of alkyl halides is 3. The lowest BCUT2D eigenvalue weighted by Gasteiger charge is -2.33. The normalized spacial score (nSPS) is 14.8. The smallest absolute Gasteiger partial charge is 0.319 e. The van der Waals surface area contributed by atoms with Crippen LogP contribution in [0.25, 0.3) is 0 Å². The fourth-order valence-electron chi connectivity index (χ4n) is 1.57. The van der Waals surface area contributed by atoms with Crippen LogP contribution in [0.15, 0.2) is 22.7 Å². The van der Waals surface area contributed by atoms with Gasteiger partial charge in [-0.2, -0.15) is 13.2 Å². The standard InChI is InChI=1S/C11H12BrF4N/c1-10(2,9(17)11(14,15)16)7-5-6(12)3-4-8(7)13/h3-5,9H,17H2,1-2H3. The fraction of sp³-hybridized carbons (Fsp3) is 0.455. The molecule has 0 radical (unpaired) electrons. The summed E-state index contributed by atoms with van der Waals surface area (Å²) in [5, 5.41) is 0. The Bertz CT molecular complexity index is 414. The van der Waals surface area contributed by atoms with Crippen LogP contribution in [0.2, 0.25) is 0 Å². The quantitative estimate of drug-likeness (QED) is 0.827. The number of benzene rings is 1. The summed E-state index contributed by atoms with van der Waals surface area (Å²) < 4.78 is 51.9. The first-order valence-electron chi connectivity index (χ1n) is 4.84. The van der Waals surface area contributed by atoms with Crippen molar-refractivity contribution >= 4 is 15.9 Å². The molecule has 0 saturated carbocycles. The second-order valence-corrected chi connectivity index (χ2v) is 5.28. The third-order valence-electron chi connectivity index (χ3n) is 2.75. The van der Waals surface area contributed by atoms with E-state index >= 15 is 0 Å². The minimum Gasteiger partial charge on any atom is -0.319 e. The van der Waals surface area contributed by atoms with Crippen LogP contribution in [0, 0.1) is 5.82 Å². The molecule has 0 bridgehead atoms. The van der Waals surface area contributed by atoms with Crippen LogP contribution in [0.1, 0.15) is 19.4 Å². The van der Waals surface area contributed by atoms with Crippen molar-refractivity contribution in [3.8, 4) is 0 Å². The van der Waals surface area contributed by atoms with Crippen molar-refractivity contribution in [1.82, 2.24) is 0 Å². The molecule has 96 valence electrons. The second kappa shape index (κ2) is 4.57. The Hall–Kier alpha value is -0.620. The maximum absolute atomic E-state index is 13.6. The van der Waals surface area contributed by atoms with Crippen molar-refractivity contribution in [3.63, 3.8) is 0 Å². The molecule has 0 aliphatic carbocycles. The van der Waals surface area contributed by atoms with Gasteiger partial charge in [-0.1, -0.05) is 29.8 Å². The second-order valence-electron chi connectivity index (χ2n) is 4.37. The number of nitrogens with two attached hydrogens (primary N) is 1. The Morgan fingerprint density at radius 3 is 2.24 bits per heavy atom. The van der Waals surface area contributed by atoms with Gasteiger partial charge in [0.15, 0.2) is 0 Å². The molecule has 0 heterocycles. The number of halogens is 5. The highest BCUT2D eigenvalue weighted by Gasteiger charge is 2.48. The Morgan fingerprint density at radius 1 is 1.24 bits per heavy atom. The van der Waals surface area contributed by atoms with Gasteiger partial charge in [0, 0.05) is 9.89 Å². The van der Waals surface area contributed by atoms with Gasteiger partial charge < -0.3 is 5.73 Å². The van der Waals surface area contributed by atoms with Gasteiger partial charge in [0.1, 0.15) is 11.9 Å². The average Bonchev–Trinajstić information content (AvgIpc) is 2.19. The lowest BCUT2D eigenvalue weighted by Crippen LogP contribution is -2.51. The lowest BCUT2D eigenvalue weighted by molar-refractivity contribution is -0.160. The van der Waals surface area contributed by atoms with Gasteiger partial charge in [-0.15, -0.1) is 0 Å². The average molecular weight is 314 g/mol. The molecule has 1 atom stereocenters. The first-order valence-corrected chi connectivity index (χ1v) is 5.64. The van der Waals surface area contributed by atoms with E-state index in [4.69, 9.17) is 5.73 Å². The zero-order chi connectivity index (χ0) is 13.4. The molecule has 1 nitrogen and oxygen atoms in total. The monoisotopic (exact) mass is 313 g/mol. The molecule has 2 N–H and O–H groups in total. The number of hydrogen-bond acceptors (Lipinski definition) is 1. The molecule has 0 amide bonds. The molecule has 0 fully saturated rings. The molecule has 0 aliphatic heterocycles. The minimum atomic E-state index is -4.57. The van der Waals surface area contributed by atoms with Crippen molar-refractivity contribution in [2.75, 3.05) is 0 Å². The SMILES string of the molecule is CC(C)(c1cc(Br)ccc1F)C(N)C(F)(F)F. The van der Waals surface area contributed by atoms with Crippen LogP contribution < -0.4 is 5.73 Å². The predicted octanol–water partition coefficient (Wildman–Crippen LogP) is 3.76. The van der Waals surface area contributed by atoms with E-state index in [1.165, 1.54) is 26.0 Å². The van der Waals surface area contributed by atoms with Crippen LogP contribution in [0.4, 0.5) is 17.6 Å². The van der Waals surface area contributed by atoms with Gasteiger partial charge in [0.25, 0.3) is 0 Å². The minimum absolute atomic E-state index is 0.0586. The fourth-order valence-corrected chi connectivity index (χ4v) is 1.93. The summed E-state index contributed by atoms with van der Waals surface area (Å²) in [7, 11) is 0. The lowest BCUT2D eigenvalue weighted by atomic mass is 9.77. The summed E-state index contributed by atoms with van der Waals surface area (Å²) in [5.74, 6) is -0.696. The van der Waals surface area contributed by atoms with Crippen LogP contribution in [0.5, 0.6) is 0 Å². The third-order valence-corrected chi connectivity index (χ3v) is 3.25. The zero-order valence-electron chi connectivity index (χ0n) is 9.28. The zero-order valence-corrected chi connectivity index (χ0v) is 10.9. The third kappa shape index (κ3) is 2.98. The summed E-state index contributed by atoms with van der Waals surface area (Å²) in [6.45, 7) is 2.55. The molecule has 1 aromatic carbocycles. The molecular formula is C11H12BrF4N. The largest absolute Gasteiger partial charge is 0.404 e. The van der Waals surface area contributed by atoms with Crippen LogP contribution in [-0.2, 0) is 5.41 Å². The van der Waals surface area contributed by atoms with Crippen LogP contribution >= 0.6 is 15.9 Å². The Kier molecular flexibility index (Phi) is 3.88. The van der Waals surface area contributed by atoms with Gasteiger partial charge in [-0.25, -0.2) is 4.39 Å². The molecule has 1 unspecified atom stereocenters. The molecule has 6 heteroatoms. The van der Waals surface area contributed by atoms with Gasteiger partial charge in [0.05, 0.1) is 0 Å². The predicted molar refractivity (Wildman–Crippen MR) is 61.2 cm³/mol. The molecular weight excluding hydrogens is 302 g/mol. The topological polar surface area (TPSA) is 26.0 Å². The van der Waals surface area contributed by atoms with E-state index in [0.29, 0.717) is 4.47 Å². The van der Waals surface area contributed by atoms with E-state index in [1.54, 1.807) is 0 Å². The maximum Gasteiger partial charge on any atom is 0.404 e. The maximum atomic E-state index is 13.6. The van der Waals surface area contributed by atoms with Crippen molar-refractivity contribution in [3.05, 3.63) is 34.1 Å². The Morgan fingerprint density at radius 2 is 1.76 bits per heavy atom. The molecule has 0 saturated heterocycles.